The number of aryl methyl sites for hydroxylation is 2. The van der Waals surface area contributed by atoms with Crippen LogP contribution in [0.25, 0.3) is 11.0 Å². The lowest BCUT2D eigenvalue weighted by Crippen LogP contribution is -2.24. The van der Waals surface area contributed by atoms with Gasteiger partial charge in [0.15, 0.2) is 6.10 Å². The highest BCUT2D eigenvalue weighted by Crippen LogP contribution is 2.29. The molecule has 134 valence electrons. The summed E-state index contributed by atoms with van der Waals surface area (Å²) in [6.45, 7) is 5.64. The summed E-state index contributed by atoms with van der Waals surface area (Å²) >= 11 is 0. The van der Waals surface area contributed by atoms with Crippen molar-refractivity contribution in [2.24, 2.45) is 0 Å². The maximum Gasteiger partial charge on any atom is 0.336 e. The first-order chi connectivity index (χ1) is 12.5. The Bertz CT molecular complexity index is 986. The van der Waals surface area contributed by atoms with E-state index in [-0.39, 0.29) is 11.4 Å². The summed E-state index contributed by atoms with van der Waals surface area (Å²) < 4.78 is 11.3. The number of carbonyl (C=O) groups excluding carboxylic acids is 1. The Morgan fingerprint density at radius 1 is 1.15 bits per heavy atom. The molecule has 0 aliphatic heterocycles. The third-order valence-electron chi connectivity index (χ3n) is 4.45. The molecule has 4 heteroatoms. The maximum atomic E-state index is 12.5. The number of hydrogen-bond donors (Lipinski definition) is 0. The topological polar surface area (TPSA) is 56.5 Å². The zero-order valence-corrected chi connectivity index (χ0v) is 15.2. The minimum absolute atomic E-state index is 0.0914. The maximum absolute atomic E-state index is 12.5. The molecule has 0 saturated carbocycles. The van der Waals surface area contributed by atoms with Crippen molar-refractivity contribution >= 4 is 16.8 Å². The Kier molecular flexibility index (Phi) is 5.21. The number of hydrogen-bond acceptors (Lipinski definition) is 4. The average molecular weight is 350 g/mol. The Labute approximate surface area is 152 Å². The molecule has 0 saturated heterocycles. The second-order valence-electron chi connectivity index (χ2n) is 6.40. The van der Waals surface area contributed by atoms with Gasteiger partial charge in [-0.2, -0.15) is 0 Å². The zero-order valence-electron chi connectivity index (χ0n) is 15.2. The molecule has 0 aliphatic carbocycles. The summed E-state index contributed by atoms with van der Waals surface area (Å²) in [5.41, 5.74) is 2.47. The fraction of sp³-hybridized carbons (Fsp3) is 0.273. The molecule has 0 bridgehead atoms. The molecule has 0 radical (unpaired) electrons. The summed E-state index contributed by atoms with van der Waals surface area (Å²) in [5, 5.41) is 0.915. The minimum atomic E-state index is -0.640. The second-order valence-corrected chi connectivity index (χ2v) is 6.40. The van der Waals surface area contributed by atoms with E-state index in [1.807, 2.05) is 37.3 Å². The lowest BCUT2D eigenvalue weighted by molar-refractivity contribution is 0.0817. The molecule has 1 aromatic heterocycles. The van der Waals surface area contributed by atoms with Crippen LogP contribution in [0.5, 0.6) is 5.75 Å². The number of Topliss-reactive ketones (excluding diaryl/α,β-unsaturated/α-hetero) is 1. The van der Waals surface area contributed by atoms with E-state index in [9.17, 15) is 9.59 Å². The van der Waals surface area contributed by atoms with E-state index >= 15 is 0 Å². The largest absolute Gasteiger partial charge is 0.482 e. The normalized spacial score (nSPS) is 12.1. The SMILES string of the molecule is CCCc1cc(=O)oc2c(C)c(O[C@@H](C)C(=O)c3ccccc3)ccc12. The Hall–Kier alpha value is -2.88. The van der Waals surface area contributed by atoms with Crippen LogP contribution in [-0.4, -0.2) is 11.9 Å². The van der Waals surface area contributed by atoms with Crippen LogP contribution in [0.15, 0.2) is 57.7 Å². The first-order valence-electron chi connectivity index (χ1n) is 8.83. The standard InChI is InChI=1S/C22H22O4/c1-4-8-17-13-20(23)26-22-14(2)19(12-11-18(17)22)25-15(3)21(24)16-9-6-5-7-10-16/h5-7,9-13,15H,4,8H2,1-3H3/t15-/m0/s1. The Morgan fingerprint density at radius 3 is 2.58 bits per heavy atom. The third kappa shape index (κ3) is 3.54. The van der Waals surface area contributed by atoms with Gasteiger partial charge in [-0.1, -0.05) is 43.7 Å². The number of rotatable bonds is 6. The van der Waals surface area contributed by atoms with Crippen molar-refractivity contribution < 1.29 is 13.9 Å². The van der Waals surface area contributed by atoms with Crippen LogP contribution >= 0.6 is 0 Å². The van der Waals surface area contributed by atoms with Gasteiger partial charge < -0.3 is 9.15 Å². The molecule has 0 amide bonds. The molecule has 2 aromatic carbocycles. The van der Waals surface area contributed by atoms with Gasteiger partial charge in [-0.25, -0.2) is 4.79 Å². The van der Waals surface area contributed by atoms with Gasteiger partial charge in [-0.15, -0.1) is 0 Å². The van der Waals surface area contributed by atoms with Gasteiger partial charge in [-0.3, -0.25) is 4.79 Å². The van der Waals surface area contributed by atoms with Crippen molar-refractivity contribution in [2.45, 2.75) is 39.7 Å². The molecule has 1 atom stereocenters. The van der Waals surface area contributed by atoms with Crippen molar-refractivity contribution in [1.29, 1.82) is 0 Å². The van der Waals surface area contributed by atoms with Crippen LogP contribution in [0.1, 0.15) is 41.8 Å². The van der Waals surface area contributed by atoms with Gasteiger partial charge in [0.05, 0.1) is 0 Å². The van der Waals surface area contributed by atoms with E-state index < -0.39 is 6.10 Å². The number of carbonyl (C=O) groups is 1. The highest BCUT2D eigenvalue weighted by atomic mass is 16.5. The van der Waals surface area contributed by atoms with Gasteiger partial charge in [-0.05, 0) is 38.0 Å². The van der Waals surface area contributed by atoms with Crippen molar-refractivity contribution in [2.75, 3.05) is 0 Å². The van der Waals surface area contributed by atoms with Crippen molar-refractivity contribution in [3.63, 3.8) is 0 Å². The van der Waals surface area contributed by atoms with E-state index in [0.29, 0.717) is 16.9 Å². The Balaban J connectivity index is 1.95. The molecule has 4 nitrogen and oxygen atoms in total. The van der Waals surface area contributed by atoms with E-state index in [0.717, 1.165) is 29.4 Å². The molecular formula is C22H22O4. The van der Waals surface area contributed by atoms with Gasteiger partial charge in [0.1, 0.15) is 11.3 Å². The van der Waals surface area contributed by atoms with Gasteiger partial charge in [0.25, 0.3) is 0 Å². The average Bonchev–Trinajstić information content (AvgIpc) is 2.64. The number of ether oxygens (including phenoxy) is 1. The van der Waals surface area contributed by atoms with Gasteiger partial charge in [0.2, 0.25) is 5.78 Å². The Morgan fingerprint density at radius 2 is 1.88 bits per heavy atom. The molecule has 3 rings (SSSR count). The third-order valence-corrected chi connectivity index (χ3v) is 4.45. The summed E-state index contributed by atoms with van der Waals surface area (Å²) in [4.78, 5) is 24.4. The molecule has 1 heterocycles. The van der Waals surface area contributed by atoms with Gasteiger partial charge >= 0.3 is 5.63 Å². The van der Waals surface area contributed by atoms with Crippen LogP contribution in [-0.2, 0) is 6.42 Å². The highest BCUT2D eigenvalue weighted by Gasteiger charge is 2.19. The first kappa shape index (κ1) is 17.9. The second kappa shape index (κ2) is 7.56. The molecule has 0 unspecified atom stereocenters. The predicted molar refractivity (Wildman–Crippen MR) is 102 cm³/mol. The minimum Gasteiger partial charge on any atom is -0.482 e. The first-order valence-corrected chi connectivity index (χ1v) is 8.83. The van der Waals surface area contributed by atoms with Crippen LogP contribution in [0.4, 0.5) is 0 Å². The molecular weight excluding hydrogens is 328 g/mol. The number of benzene rings is 2. The quantitative estimate of drug-likeness (QED) is 0.477. The lowest BCUT2D eigenvalue weighted by atomic mass is 10.0. The summed E-state index contributed by atoms with van der Waals surface area (Å²) in [6.07, 6.45) is 1.11. The van der Waals surface area contributed by atoms with Crippen molar-refractivity contribution in [1.82, 2.24) is 0 Å². The number of ketones is 1. The van der Waals surface area contributed by atoms with Crippen LogP contribution in [0.3, 0.4) is 0 Å². The fourth-order valence-corrected chi connectivity index (χ4v) is 3.09. The summed E-state index contributed by atoms with van der Waals surface area (Å²) in [6, 6.07) is 14.3. The highest BCUT2D eigenvalue weighted by molar-refractivity contribution is 5.99. The van der Waals surface area contributed by atoms with E-state index in [1.165, 1.54) is 0 Å². The molecule has 0 spiro atoms. The van der Waals surface area contributed by atoms with Crippen LogP contribution < -0.4 is 10.4 Å². The molecule has 0 fully saturated rings. The molecule has 3 aromatic rings. The predicted octanol–water partition coefficient (Wildman–Crippen LogP) is 4.70. The monoisotopic (exact) mass is 350 g/mol. The smallest absolute Gasteiger partial charge is 0.336 e. The fourth-order valence-electron chi connectivity index (χ4n) is 3.09. The molecule has 0 N–H and O–H groups in total. The van der Waals surface area contributed by atoms with Crippen molar-refractivity contribution in [3.8, 4) is 5.75 Å². The summed E-state index contributed by atoms with van der Waals surface area (Å²) in [7, 11) is 0. The van der Waals surface area contributed by atoms with E-state index in [2.05, 4.69) is 6.92 Å². The molecule has 26 heavy (non-hydrogen) atoms. The van der Waals surface area contributed by atoms with Crippen molar-refractivity contribution in [3.05, 3.63) is 75.6 Å². The summed E-state index contributed by atoms with van der Waals surface area (Å²) in [5.74, 6) is 0.456. The van der Waals surface area contributed by atoms with Gasteiger partial charge in [0, 0.05) is 22.6 Å². The zero-order chi connectivity index (χ0) is 18.7. The van der Waals surface area contributed by atoms with Crippen LogP contribution in [0.2, 0.25) is 0 Å². The number of fused-ring (bicyclic) bond motifs is 1. The van der Waals surface area contributed by atoms with E-state index in [1.54, 1.807) is 25.1 Å². The molecule has 0 aliphatic rings. The van der Waals surface area contributed by atoms with E-state index in [4.69, 9.17) is 9.15 Å². The lowest BCUT2D eigenvalue weighted by Gasteiger charge is -2.17. The van der Waals surface area contributed by atoms with Crippen LogP contribution in [0, 0.1) is 6.92 Å².